The first-order valence-electron chi connectivity index (χ1n) is 9.38. The highest BCUT2D eigenvalue weighted by atomic mass is 19.1. The minimum Gasteiger partial charge on any atom is -0.496 e. The average Bonchev–Trinajstić information content (AvgIpc) is 3.13. The monoisotopic (exact) mass is 350 g/mol. The number of hydrogen-bond donors (Lipinski definition) is 2. The molecular weight excluding hydrogens is 319 g/mol. The van der Waals surface area contributed by atoms with E-state index in [2.05, 4.69) is 31.0 Å². The summed E-state index contributed by atoms with van der Waals surface area (Å²) in [6, 6.07) is 4.73. The summed E-state index contributed by atoms with van der Waals surface area (Å²) in [6.07, 6.45) is 0.913. The zero-order valence-corrected chi connectivity index (χ0v) is 15.8. The summed E-state index contributed by atoms with van der Waals surface area (Å²) in [6.45, 7) is 9.62. The molecule has 0 unspecified atom stereocenters. The van der Waals surface area contributed by atoms with Gasteiger partial charge in [-0.05, 0) is 48.9 Å². The molecular formula is C20H31FN2O2. The van der Waals surface area contributed by atoms with Gasteiger partial charge in [-0.3, -0.25) is 0 Å². The van der Waals surface area contributed by atoms with Gasteiger partial charge in [0.05, 0.1) is 13.7 Å². The van der Waals surface area contributed by atoms with Crippen molar-refractivity contribution in [2.45, 2.75) is 38.8 Å². The minimum atomic E-state index is -0.315. The lowest BCUT2D eigenvalue weighted by molar-refractivity contribution is 0.107. The fourth-order valence-electron chi connectivity index (χ4n) is 5.04. The third-order valence-electron chi connectivity index (χ3n) is 6.05. The first-order valence-corrected chi connectivity index (χ1v) is 9.38. The number of nitrogens with zero attached hydrogens (tertiary/aromatic N) is 1. The van der Waals surface area contributed by atoms with E-state index in [1.807, 2.05) is 0 Å². The lowest BCUT2D eigenvalue weighted by atomic mass is 9.76. The molecule has 0 spiro atoms. The third kappa shape index (κ3) is 3.29. The molecule has 0 aromatic heterocycles. The maximum Gasteiger partial charge on any atom is 0.123 e. The number of rotatable bonds is 6. The van der Waals surface area contributed by atoms with E-state index in [0.717, 1.165) is 31.6 Å². The van der Waals surface area contributed by atoms with Crippen LogP contribution in [0.5, 0.6) is 5.75 Å². The lowest BCUT2D eigenvalue weighted by Crippen LogP contribution is -2.51. The molecule has 0 saturated carbocycles. The molecule has 4 atom stereocenters. The van der Waals surface area contributed by atoms with Crippen LogP contribution in [0.4, 0.5) is 4.39 Å². The number of likely N-dealkylation sites (tertiary alicyclic amines) is 1. The number of aliphatic hydroxyl groups is 1. The molecule has 0 amide bonds. The normalized spacial score (nSPS) is 32.4. The minimum absolute atomic E-state index is 0.00176. The zero-order chi connectivity index (χ0) is 18.2. The predicted molar refractivity (Wildman–Crippen MR) is 97.2 cm³/mol. The molecule has 0 aliphatic carbocycles. The number of ether oxygens (including phenoxy) is 1. The number of fused-ring (bicyclic) bond motifs is 1. The van der Waals surface area contributed by atoms with E-state index >= 15 is 0 Å². The highest BCUT2D eigenvalue weighted by molar-refractivity contribution is 5.39. The Kier molecular flexibility index (Phi) is 5.37. The van der Waals surface area contributed by atoms with E-state index in [1.54, 1.807) is 19.2 Å². The van der Waals surface area contributed by atoms with Gasteiger partial charge < -0.3 is 20.1 Å². The van der Waals surface area contributed by atoms with Gasteiger partial charge in [0, 0.05) is 30.2 Å². The number of halogens is 1. The van der Waals surface area contributed by atoms with E-state index in [-0.39, 0.29) is 24.0 Å². The molecule has 5 heteroatoms. The number of benzene rings is 1. The van der Waals surface area contributed by atoms with Crippen LogP contribution >= 0.6 is 0 Å². The summed E-state index contributed by atoms with van der Waals surface area (Å²) in [7, 11) is 1.63. The quantitative estimate of drug-likeness (QED) is 0.828. The van der Waals surface area contributed by atoms with Gasteiger partial charge in [0.15, 0.2) is 0 Å². The highest BCUT2D eigenvalue weighted by Crippen LogP contribution is 2.50. The maximum atomic E-state index is 14.0. The molecule has 0 radical (unpaired) electrons. The summed E-state index contributed by atoms with van der Waals surface area (Å²) in [5.74, 6) is 1.65. The fourth-order valence-corrected chi connectivity index (χ4v) is 5.04. The van der Waals surface area contributed by atoms with Crippen LogP contribution in [0.3, 0.4) is 0 Å². The molecule has 140 valence electrons. The van der Waals surface area contributed by atoms with Crippen molar-refractivity contribution in [1.29, 1.82) is 0 Å². The van der Waals surface area contributed by atoms with Crippen LogP contribution in [0.15, 0.2) is 18.2 Å². The second kappa shape index (κ2) is 7.22. The number of methoxy groups -OCH3 is 1. The topological polar surface area (TPSA) is 44.7 Å². The lowest BCUT2D eigenvalue weighted by Gasteiger charge is -2.36. The van der Waals surface area contributed by atoms with E-state index < -0.39 is 0 Å². The molecule has 2 saturated heterocycles. The Morgan fingerprint density at radius 3 is 2.76 bits per heavy atom. The van der Waals surface area contributed by atoms with Crippen molar-refractivity contribution in [3.05, 3.63) is 29.6 Å². The molecule has 2 N–H and O–H groups in total. The SMILES string of the molecule is CCN1C[C@H]2[C@@H](c3cc(F)ccc3OC)N[C@](CO)(CC(C)C)[C@H]2C1. The molecule has 2 fully saturated rings. The zero-order valence-electron chi connectivity index (χ0n) is 15.8. The molecule has 2 aliphatic heterocycles. The standard InChI is InChI=1S/C20H31FN2O2/c1-5-23-10-16-17(11-23)20(12-24,9-13(2)3)22-19(16)15-8-14(21)6-7-18(15)25-4/h6-8,13,16-17,19,22,24H,5,9-12H2,1-4H3/t16-,17+,19-,20+/m1/s1. The van der Waals surface area contributed by atoms with Crippen molar-refractivity contribution in [1.82, 2.24) is 10.2 Å². The van der Waals surface area contributed by atoms with Gasteiger partial charge >= 0.3 is 0 Å². The molecule has 1 aromatic carbocycles. The van der Waals surface area contributed by atoms with E-state index in [0.29, 0.717) is 23.5 Å². The van der Waals surface area contributed by atoms with Crippen molar-refractivity contribution >= 4 is 0 Å². The van der Waals surface area contributed by atoms with Crippen LogP contribution in [0.2, 0.25) is 0 Å². The van der Waals surface area contributed by atoms with Crippen LogP contribution in [0.25, 0.3) is 0 Å². The molecule has 4 nitrogen and oxygen atoms in total. The Balaban J connectivity index is 2.02. The van der Waals surface area contributed by atoms with Crippen LogP contribution in [0.1, 0.15) is 38.8 Å². The smallest absolute Gasteiger partial charge is 0.123 e. The van der Waals surface area contributed by atoms with Crippen LogP contribution in [0, 0.1) is 23.6 Å². The van der Waals surface area contributed by atoms with Gasteiger partial charge in [-0.1, -0.05) is 20.8 Å². The second-order valence-electron chi connectivity index (χ2n) is 8.04. The molecule has 0 bridgehead atoms. The first-order chi connectivity index (χ1) is 11.9. The maximum absolute atomic E-state index is 14.0. The number of hydrogen-bond acceptors (Lipinski definition) is 4. The Bertz CT molecular complexity index is 609. The van der Waals surface area contributed by atoms with Crippen LogP contribution in [-0.4, -0.2) is 48.9 Å². The molecule has 3 rings (SSSR count). The van der Waals surface area contributed by atoms with Crippen molar-refractivity contribution in [3.8, 4) is 5.75 Å². The van der Waals surface area contributed by atoms with Crippen molar-refractivity contribution in [2.24, 2.45) is 17.8 Å². The fraction of sp³-hybridized carbons (Fsp3) is 0.700. The van der Waals surface area contributed by atoms with E-state index in [4.69, 9.17) is 4.74 Å². The second-order valence-corrected chi connectivity index (χ2v) is 8.04. The number of aliphatic hydroxyl groups excluding tert-OH is 1. The first kappa shape index (κ1) is 18.6. The molecule has 2 heterocycles. The Labute approximate surface area is 150 Å². The van der Waals surface area contributed by atoms with Gasteiger partial charge in [0.1, 0.15) is 11.6 Å². The van der Waals surface area contributed by atoms with E-state index in [9.17, 15) is 9.50 Å². The Hall–Kier alpha value is -1.17. The largest absolute Gasteiger partial charge is 0.496 e. The van der Waals surface area contributed by atoms with Crippen molar-refractivity contribution in [2.75, 3.05) is 33.4 Å². The van der Waals surface area contributed by atoms with Gasteiger partial charge in [0.25, 0.3) is 0 Å². The summed E-state index contributed by atoms with van der Waals surface area (Å²) in [4.78, 5) is 2.44. The van der Waals surface area contributed by atoms with Gasteiger partial charge in [0.2, 0.25) is 0 Å². The van der Waals surface area contributed by atoms with E-state index in [1.165, 1.54) is 6.07 Å². The van der Waals surface area contributed by atoms with Crippen LogP contribution in [-0.2, 0) is 0 Å². The van der Waals surface area contributed by atoms with Crippen LogP contribution < -0.4 is 10.1 Å². The Morgan fingerprint density at radius 1 is 1.40 bits per heavy atom. The molecule has 25 heavy (non-hydrogen) atoms. The molecule has 2 aliphatic rings. The highest BCUT2D eigenvalue weighted by Gasteiger charge is 2.56. The molecule has 1 aromatic rings. The average molecular weight is 350 g/mol. The summed E-state index contributed by atoms with van der Waals surface area (Å²) >= 11 is 0. The van der Waals surface area contributed by atoms with Gasteiger partial charge in [-0.25, -0.2) is 4.39 Å². The van der Waals surface area contributed by atoms with Gasteiger partial charge in [-0.15, -0.1) is 0 Å². The number of nitrogens with one attached hydrogen (secondary N) is 1. The summed E-state index contributed by atoms with van der Waals surface area (Å²) in [5.41, 5.74) is 0.555. The summed E-state index contributed by atoms with van der Waals surface area (Å²) in [5, 5.41) is 14.1. The Morgan fingerprint density at radius 2 is 2.16 bits per heavy atom. The summed E-state index contributed by atoms with van der Waals surface area (Å²) < 4.78 is 19.5. The van der Waals surface area contributed by atoms with Crippen molar-refractivity contribution in [3.63, 3.8) is 0 Å². The van der Waals surface area contributed by atoms with Crippen molar-refractivity contribution < 1.29 is 14.2 Å². The third-order valence-corrected chi connectivity index (χ3v) is 6.05. The van der Waals surface area contributed by atoms with Gasteiger partial charge in [-0.2, -0.15) is 0 Å². The predicted octanol–water partition coefficient (Wildman–Crippen LogP) is 2.82.